The summed E-state index contributed by atoms with van der Waals surface area (Å²) in [7, 11) is -1.51. The monoisotopic (exact) mass is 251 g/mol. The van der Waals surface area contributed by atoms with Crippen LogP contribution in [0.4, 0.5) is 0 Å². The zero-order valence-electron chi connectivity index (χ0n) is 12.8. The molecular weight excluding hydrogens is 222 g/mol. The Balaban J connectivity index is 3.47. The summed E-state index contributed by atoms with van der Waals surface area (Å²) in [4.78, 5) is 0. The quantitative estimate of drug-likeness (QED) is 0.654. The lowest BCUT2D eigenvalue weighted by atomic mass is 10.3. The van der Waals surface area contributed by atoms with E-state index in [1.807, 2.05) is 0 Å². The van der Waals surface area contributed by atoms with Crippen molar-refractivity contribution in [2.24, 2.45) is 0 Å². The van der Waals surface area contributed by atoms with E-state index in [-0.39, 0.29) is 0 Å². The third kappa shape index (κ3) is 2.12. The maximum absolute atomic E-state index is 2.67. The van der Waals surface area contributed by atoms with E-state index in [1.54, 1.807) is 0 Å². The Labute approximate surface area is 108 Å². The molecule has 1 nitrogen and oxygen atoms in total. The average molecular weight is 251 g/mol. The Morgan fingerprint density at radius 1 is 0.882 bits per heavy atom. The topological polar surface area (TPSA) is 4.93 Å². The van der Waals surface area contributed by atoms with Crippen molar-refractivity contribution < 1.29 is 0 Å². The molecule has 0 N–H and O–H groups in total. The van der Waals surface area contributed by atoms with Gasteiger partial charge in [0.2, 0.25) is 0 Å². The van der Waals surface area contributed by atoms with Crippen molar-refractivity contribution in [2.45, 2.75) is 72.0 Å². The predicted octanol–water partition coefficient (Wildman–Crippen LogP) is 5.13. The Morgan fingerprint density at radius 3 is 1.53 bits per heavy atom. The van der Waals surface area contributed by atoms with Crippen LogP contribution in [0.25, 0.3) is 0 Å². The number of hydrogen-bond acceptors (Lipinski definition) is 0. The minimum absolute atomic E-state index is 0.771. The van der Waals surface area contributed by atoms with Crippen LogP contribution < -0.4 is 0 Å². The molecule has 1 aromatic heterocycles. The summed E-state index contributed by atoms with van der Waals surface area (Å²) in [6.07, 6.45) is 2.34. The SMILES string of the molecule is Cc1ccn([Si](C(C)C)(C(C)C)C(C)C)c1C. The second kappa shape index (κ2) is 5.01. The molecule has 0 aliphatic carbocycles. The molecule has 0 saturated carbocycles. The van der Waals surface area contributed by atoms with Gasteiger partial charge in [-0.3, -0.25) is 0 Å². The normalized spacial score (nSPS) is 13.1. The Kier molecular flexibility index (Phi) is 4.29. The number of hydrogen-bond donors (Lipinski definition) is 0. The van der Waals surface area contributed by atoms with Crippen molar-refractivity contribution in [1.82, 2.24) is 4.23 Å². The molecule has 0 aliphatic rings. The van der Waals surface area contributed by atoms with Crippen LogP contribution in [0.2, 0.25) is 16.6 Å². The van der Waals surface area contributed by atoms with Gasteiger partial charge < -0.3 is 4.23 Å². The number of nitrogens with zero attached hydrogens (tertiary/aromatic N) is 1. The van der Waals surface area contributed by atoms with E-state index in [2.05, 4.69) is 71.9 Å². The molecule has 1 rings (SSSR count). The van der Waals surface area contributed by atoms with E-state index in [0.717, 1.165) is 16.6 Å². The summed E-state index contributed by atoms with van der Waals surface area (Å²) in [6, 6.07) is 2.28. The lowest BCUT2D eigenvalue weighted by Gasteiger charge is -2.45. The largest absolute Gasteiger partial charge is 0.377 e. The van der Waals surface area contributed by atoms with Gasteiger partial charge in [0.15, 0.2) is 8.24 Å². The smallest absolute Gasteiger partial charge is 0.169 e. The molecule has 0 spiro atoms. The first-order valence-electron chi connectivity index (χ1n) is 6.91. The van der Waals surface area contributed by atoms with Gasteiger partial charge in [-0.1, -0.05) is 41.5 Å². The van der Waals surface area contributed by atoms with Crippen molar-refractivity contribution in [3.8, 4) is 0 Å². The van der Waals surface area contributed by atoms with Crippen molar-refractivity contribution >= 4 is 8.24 Å². The molecule has 0 radical (unpaired) electrons. The molecule has 0 amide bonds. The highest BCUT2D eigenvalue weighted by Crippen LogP contribution is 2.43. The van der Waals surface area contributed by atoms with E-state index in [4.69, 9.17) is 0 Å². The third-order valence-corrected chi connectivity index (χ3v) is 11.5. The summed E-state index contributed by atoms with van der Waals surface area (Å²) < 4.78 is 2.67. The fraction of sp³-hybridized carbons (Fsp3) is 0.733. The molecule has 0 unspecified atom stereocenters. The summed E-state index contributed by atoms with van der Waals surface area (Å²) in [5, 5.41) is 0. The van der Waals surface area contributed by atoms with Gasteiger partial charge in [0.05, 0.1) is 0 Å². The summed E-state index contributed by atoms with van der Waals surface area (Å²) in [6.45, 7) is 19.0. The Bertz CT molecular complexity index is 352. The minimum atomic E-state index is -1.51. The van der Waals surface area contributed by atoms with Crippen LogP contribution in [-0.4, -0.2) is 12.5 Å². The van der Waals surface area contributed by atoms with Gasteiger partial charge in [0, 0.05) is 5.69 Å². The van der Waals surface area contributed by atoms with Gasteiger partial charge in [0.1, 0.15) is 0 Å². The molecule has 0 atom stereocenters. The van der Waals surface area contributed by atoms with Gasteiger partial charge in [-0.25, -0.2) is 0 Å². The molecule has 0 saturated heterocycles. The summed E-state index contributed by atoms with van der Waals surface area (Å²) in [5.41, 5.74) is 5.23. The fourth-order valence-corrected chi connectivity index (χ4v) is 10.6. The van der Waals surface area contributed by atoms with E-state index < -0.39 is 8.24 Å². The second-order valence-corrected chi connectivity index (χ2v) is 12.0. The number of aromatic nitrogens is 1. The van der Waals surface area contributed by atoms with E-state index in [1.165, 1.54) is 11.3 Å². The maximum Gasteiger partial charge on any atom is 0.169 e. The van der Waals surface area contributed by atoms with Gasteiger partial charge in [-0.2, -0.15) is 0 Å². The highest BCUT2D eigenvalue weighted by Gasteiger charge is 2.45. The first-order chi connectivity index (χ1) is 7.76. The molecule has 1 aromatic rings. The lowest BCUT2D eigenvalue weighted by molar-refractivity contribution is 0.757. The standard InChI is InChI=1S/C15H29NSi/c1-11(2)17(12(3)4,13(5)6)16-10-9-14(7)15(16)8/h9-13H,1-8H3. The molecule has 0 bridgehead atoms. The van der Waals surface area contributed by atoms with E-state index in [9.17, 15) is 0 Å². The van der Waals surface area contributed by atoms with Crippen LogP contribution in [0.15, 0.2) is 12.3 Å². The maximum atomic E-state index is 2.67. The van der Waals surface area contributed by atoms with Gasteiger partial charge in [-0.05, 0) is 48.3 Å². The van der Waals surface area contributed by atoms with Crippen molar-refractivity contribution in [3.63, 3.8) is 0 Å². The first-order valence-corrected chi connectivity index (χ1v) is 9.09. The van der Waals surface area contributed by atoms with Crippen molar-refractivity contribution in [2.75, 3.05) is 0 Å². The molecule has 0 aliphatic heterocycles. The zero-order chi connectivity index (χ0) is 13.4. The molecule has 0 aromatic carbocycles. The van der Waals surface area contributed by atoms with Gasteiger partial charge in [0.25, 0.3) is 0 Å². The third-order valence-electron chi connectivity index (χ3n) is 4.60. The molecule has 98 valence electrons. The van der Waals surface area contributed by atoms with Gasteiger partial charge in [-0.15, -0.1) is 0 Å². The molecule has 0 fully saturated rings. The predicted molar refractivity (Wildman–Crippen MR) is 80.4 cm³/mol. The van der Waals surface area contributed by atoms with Crippen LogP contribution in [-0.2, 0) is 0 Å². The van der Waals surface area contributed by atoms with Crippen LogP contribution in [0.5, 0.6) is 0 Å². The van der Waals surface area contributed by atoms with E-state index in [0.29, 0.717) is 0 Å². The van der Waals surface area contributed by atoms with Crippen molar-refractivity contribution in [1.29, 1.82) is 0 Å². The number of aryl methyl sites for hydroxylation is 1. The zero-order valence-corrected chi connectivity index (χ0v) is 13.8. The Morgan fingerprint density at radius 2 is 1.29 bits per heavy atom. The first kappa shape index (κ1) is 14.6. The van der Waals surface area contributed by atoms with Crippen molar-refractivity contribution in [3.05, 3.63) is 23.5 Å². The minimum Gasteiger partial charge on any atom is -0.377 e. The lowest BCUT2D eigenvalue weighted by Crippen LogP contribution is -2.52. The molecular formula is C15H29NSi. The summed E-state index contributed by atoms with van der Waals surface area (Å²) in [5.74, 6) is 0. The van der Waals surface area contributed by atoms with Crippen LogP contribution in [0.3, 0.4) is 0 Å². The average Bonchev–Trinajstić information content (AvgIpc) is 2.49. The molecule has 17 heavy (non-hydrogen) atoms. The Hall–Kier alpha value is -0.503. The highest BCUT2D eigenvalue weighted by molar-refractivity contribution is 6.82. The highest BCUT2D eigenvalue weighted by atomic mass is 28.3. The van der Waals surface area contributed by atoms with Crippen LogP contribution in [0, 0.1) is 13.8 Å². The second-order valence-electron chi connectivity index (χ2n) is 6.31. The fourth-order valence-electron chi connectivity index (χ4n) is 3.86. The summed E-state index contributed by atoms with van der Waals surface area (Å²) >= 11 is 0. The van der Waals surface area contributed by atoms with Gasteiger partial charge >= 0.3 is 0 Å². The van der Waals surface area contributed by atoms with E-state index >= 15 is 0 Å². The molecule has 2 heteroatoms. The number of rotatable bonds is 4. The molecule has 1 heterocycles. The van der Waals surface area contributed by atoms with Crippen LogP contribution in [0.1, 0.15) is 52.8 Å². The van der Waals surface area contributed by atoms with Crippen LogP contribution >= 0.6 is 0 Å².